The molecular weight excluding hydrogens is 296 g/mol. The molecule has 5 nitrogen and oxygen atoms in total. The van der Waals surface area contributed by atoms with Gasteiger partial charge in [-0.05, 0) is 12.2 Å². The minimum absolute atomic E-state index is 0.169. The Kier molecular flexibility index (Phi) is 7.41. The van der Waals surface area contributed by atoms with E-state index in [-0.39, 0.29) is 11.8 Å². The van der Waals surface area contributed by atoms with Crippen molar-refractivity contribution in [3.8, 4) is 0 Å². The van der Waals surface area contributed by atoms with Crippen molar-refractivity contribution in [1.82, 2.24) is 4.98 Å². The minimum Gasteiger partial charge on any atom is -0.465 e. The zero-order chi connectivity index (χ0) is 13.4. The maximum atomic E-state index is 11.3. The fourth-order valence-electron chi connectivity index (χ4n) is 1.09. The predicted octanol–water partition coefficient (Wildman–Crippen LogP) is 2.11. The Balaban J connectivity index is 2.33. The summed E-state index contributed by atoms with van der Waals surface area (Å²) in [6.07, 6.45) is 0.806. The Hall–Kier alpha value is -0.500. The molecule has 0 aromatic carbocycles. The lowest BCUT2D eigenvalue weighted by molar-refractivity contribution is 0.0606. The van der Waals surface area contributed by atoms with Gasteiger partial charge in [0.15, 0.2) is 15.2 Å². The lowest BCUT2D eigenvalue weighted by Gasteiger charge is -2.01. The fraction of sp³-hybridized carbons (Fsp3) is 0.600. The number of methoxy groups -OCH3 is 1. The van der Waals surface area contributed by atoms with Gasteiger partial charge in [-0.25, -0.2) is 9.78 Å². The first-order valence-electron chi connectivity index (χ1n) is 5.36. The van der Waals surface area contributed by atoms with E-state index in [4.69, 9.17) is 16.7 Å². The van der Waals surface area contributed by atoms with E-state index in [1.165, 1.54) is 18.4 Å². The molecule has 0 bridgehead atoms. The van der Waals surface area contributed by atoms with Crippen molar-refractivity contribution in [2.24, 2.45) is 0 Å². The lowest BCUT2D eigenvalue weighted by atomic mass is 10.5. The highest BCUT2D eigenvalue weighted by Gasteiger charge is 2.16. The van der Waals surface area contributed by atoms with Crippen molar-refractivity contribution in [3.05, 3.63) is 10.0 Å². The van der Waals surface area contributed by atoms with E-state index < -0.39 is 5.97 Å². The highest BCUT2D eigenvalue weighted by Crippen LogP contribution is 2.27. The Morgan fingerprint density at radius 1 is 1.61 bits per heavy atom. The zero-order valence-electron chi connectivity index (χ0n) is 9.94. The maximum absolute atomic E-state index is 11.3. The number of rotatable bonds is 8. The summed E-state index contributed by atoms with van der Waals surface area (Å²) in [6.45, 7) is 0.964. The fourth-order valence-corrected chi connectivity index (χ4v) is 3.01. The first-order valence-corrected chi connectivity index (χ1v) is 7.71. The second kappa shape index (κ2) is 8.58. The van der Waals surface area contributed by atoms with Crippen LogP contribution in [0.15, 0.2) is 0 Å². The van der Waals surface area contributed by atoms with Gasteiger partial charge in [0, 0.05) is 18.9 Å². The number of nitrogens with zero attached hydrogens (tertiary/aromatic N) is 1. The van der Waals surface area contributed by atoms with Crippen LogP contribution in [0.2, 0.25) is 5.15 Å². The zero-order valence-corrected chi connectivity index (χ0v) is 12.3. The molecule has 0 saturated heterocycles. The average molecular weight is 311 g/mol. The standard InChI is InChI=1S/C10H15ClN2O3S2/c1-16-9(15)7-8(11)13-10(18-7)12-3-6-17-5-2-4-14/h14H,2-6H2,1H3,(H,12,13). The second-order valence-corrected chi connectivity index (χ2v) is 5.83. The largest absolute Gasteiger partial charge is 0.465 e. The van der Waals surface area contributed by atoms with Crippen molar-refractivity contribution in [2.45, 2.75) is 6.42 Å². The molecule has 1 rings (SSSR count). The van der Waals surface area contributed by atoms with Gasteiger partial charge in [0.25, 0.3) is 0 Å². The van der Waals surface area contributed by atoms with Crippen LogP contribution in [-0.2, 0) is 4.74 Å². The van der Waals surface area contributed by atoms with Crippen molar-refractivity contribution < 1.29 is 14.6 Å². The summed E-state index contributed by atoms with van der Waals surface area (Å²) in [6, 6.07) is 0. The van der Waals surface area contributed by atoms with Crippen LogP contribution in [0.5, 0.6) is 0 Å². The monoisotopic (exact) mass is 310 g/mol. The summed E-state index contributed by atoms with van der Waals surface area (Å²) in [4.78, 5) is 15.7. The number of anilines is 1. The normalized spacial score (nSPS) is 10.4. The van der Waals surface area contributed by atoms with E-state index in [0.29, 0.717) is 10.0 Å². The summed E-state index contributed by atoms with van der Waals surface area (Å²) in [5.41, 5.74) is 0. The molecular formula is C10H15ClN2O3S2. The highest BCUT2D eigenvalue weighted by molar-refractivity contribution is 7.99. The quantitative estimate of drug-likeness (QED) is 0.566. The van der Waals surface area contributed by atoms with Gasteiger partial charge in [-0.1, -0.05) is 22.9 Å². The summed E-state index contributed by atoms with van der Waals surface area (Å²) in [7, 11) is 1.31. The summed E-state index contributed by atoms with van der Waals surface area (Å²) < 4.78 is 4.59. The number of aliphatic hydroxyl groups is 1. The first-order chi connectivity index (χ1) is 8.69. The Morgan fingerprint density at radius 2 is 2.39 bits per heavy atom. The molecule has 0 fully saturated rings. The first kappa shape index (κ1) is 15.6. The third-order valence-corrected chi connectivity index (χ3v) is 4.37. The Labute approximate surface area is 119 Å². The van der Waals surface area contributed by atoms with E-state index in [1.807, 2.05) is 0 Å². The van der Waals surface area contributed by atoms with Crippen molar-refractivity contribution in [1.29, 1.82) is 0 Å². The van der Waals surface area contributed by atoms with Gasteiger partial charge in [0.2, 0.25) is 0 Å². The van der Waals surface area contributed by atoms with E-state index in [0.717, 1.165) is 24.5 Å². The molecule has 2 N–H and O–H groups in total. The molecule has 0 radical (unpaired) electrons. The molecule has 0 atom stereocenters. The van der Waals surface area contributed by atoms with Crippen LogP contribution in [0, 0.1) is 0 Å². The third-order valence-electron chi connectivity index (χ3n) is 1.93. The van der Waals surface area contributed by atoms with Crippen LogP contribution in [-0.4, -0.2) is 47.8 Å². The van der Waals surface area contributed by atoms with Crippen LogP contribution in [0.25, 0.3) is 0 Å². The average Bonchev–Trinajstić information content (AvgIpc) is 2.74. The van der Waals surface area contributed by atoms with Gasteiger partial charge in [0.1, 0.15) is 0 Å². The number of hydrogen-bond acceptors (Lipinski definition) is 7. The van der Waals surface area contributed by atoms with Crippen LogP contribution >= 0.6 is 34.7 Å². The van der Waals surface area contributed by atoms with E-state index in [2.05, 4.69) is 15.0 Å². The van der Waals surface area contributed by atoms with Crippen LogP contribution in [0.4, 0.5) is 5.13 Å². The van der Waals surface area contributed by atoms with Gasteiger partial charge >= 0.3 is 5.97 Å². The minimum atomic E-state index is -0.470. The van der Waals surface area contributed by atoms with Crippen molar-refractivity contribution in [3.63, 3.8) is 0 Å². The Morgan fingerprint density at radius 3 is 3.06 bits per heavy atom. The van der Waals surface area contributed by atoms with E-state index in [9.17, 15) is 4.79 Å². The second-order valence-electron chi connectivity index (χ2n) is 3.25. The molecule has 0 unspecified atom stereocenters. The number of nitrogens with one attached hydrogen (secondary N) is 1. The molecule has 18 heavy (non-hydrogen) atoms. The number of esters is 1. The van der Waals surface area contributed by atoms with Crippen LogP contribution in [0.3, 0.4) is 0 Å². The number of carbonyl (C=O) groups excluding carboxylic acids is 1. The number of carbonyl (C=O) groups is 1. The lowest BCUT2D eigenvalue weighted by Crippen LogP contribution is -2.04. The number of thiazole rings is 1. The van der Waals surface area contributed by atoms with Gasteiger partial charge in [0.05, 0.1) is 7.11 Å². The van der Waals surface area contributed by atoms with Gasteiger partial charge in [-0.3, -0.25) is 0 Å². The van der Waals surface area contributed by atoms with E-state index >= 15 is 0 Å². The molecule has 1 aromatic heterocycles. The van der Waals surface area contributed by atoms with Crippen LogP contribution in [0.1, 0.15) is 16.1 Å². The number of halogens is 1. The number of ether oxygens (including phenoxy) is 1. The highest BCUT2D eigenvalue weighted by atomic mass is 35.5. The predicted molar refractivity (Wildman–Crippen MR) is 76.0 cm³/mol. The number of hydrogen-bond donors (Lipinski definition) is 2. The van der Waals surface area contributed by atoms with Gasteiger partial charge in [-0.15, -0.1) is 0 Å². The molecule has 1 aromatic rings. The molecule has 0 aliphatic carbocycles. The number of aromatic nitrogens is 1. The SMILES string of the molecule is COC(=O)c1sc(NCCSCCCO)nc1Cl. The van der Waals surface area contributed by atoms with E-state index in [1.54, 1.807) is 11.8 Å². The Bertz CT molecular complexity index is 387. The topological polar surface area (TPSA) is 71.5 Å². The molecule has 0 amide bonds. The molecule has 0 aliphatic heterocycles. The maximum Gasteiger partial charge on any atom is 0.351 e. The van der Waals surface area contributed by atoms with Gasteiger partial charge < -0.3 is 15.2 Å². The molecule has 0 saturated carbocycles. The third kappa shape index (κ3) is 5.01. The summed E-state index contributed by atoms with van der Waals surface area (Å²) >= 11 is 8.76. The number of aliphatic hydroxyl groups excluding tert-OH is 1. The van der Waals surface area contributed by atoms with Crippen molar-refractivity contribution >= 4 is 45.8 Å². The van der Waals surface area contributed by atoms with Crippen molar-refractivity contribution in [2.75, 3.05) is 37.1 Å². The summed E-state index contributed by atoms with van der Waals surface area (Å²) in [5, 5.41) is 12.5. The van der Waals surface area contributed by atoms with Gasteiger partial charge in [-0.2, -0.15) is 11.8 Å². The molecule has 0 aliphatic rings. The summed E-state index contributed by atoms with van der Waals surface area (Å²) in [5.74, 6) is 1.37. The van der Waals surface area contributed by atoms with Crippen LogP contribution < -0.4 is 5.32 Å². The number of thioether (sulfide) groups is 1. The molecule has 1 heterocycles. The molecule has 0 spiro atoms. The molecule has 8 heteroatoms. The molecule has 102 valence electrons. The smallest absolute Gasteiger partial charge is 0.351 e.